The van der Waals surface area contributed by atoms with Crippen LogP contribution in [0.15, 0.2) is 46.9 Å². The fourth-order valence-electron chi connectivity index (χ4n) is 2.20. The molecule has 2 aromatic rings. The van der Waals surface area contributed by atoms with Crippen LogP contribution in [0.1, 0.15) is 27.1 Å². The van der Waals surface area contributed by atoms with E-state index in [9.17, 15) is 13.2 Å². The number of rotatable bonds is 3. The molecule has 0 N–H and O–H groups in total. The number of aryl methyl sites for hydroxylation is 1. The van der Waals surface area contributed by atoms with Gasteiger partial charge in [0.2, 0.25) is 0 Å². The Morgan fingerprint density at radius 1 is 1.10 bits per heavy atom. The predicted octanol–water partition coefficient (Wildman–Crippen LogP) is 6.46. The van der Waals surface area contributed by atoms with Crippen molar-refractivity contribution in [1.29, 1.82) is 0 Å². The van der Waals surface area contributed by atoms with Gasteiger partial charge in [-0.25, -0.2) is 0 Å². The highest BCUT2D eigenvalue weighted by atomic mass is 79.9. The van der Waals surface area contributed by atoms with Crippen LogP contribution in [0.5, 0.6) is 0 Å². The molecule has 0 radical (unpaired) electrons. The van der Waals surface area contributed by atoms with Crippen molar-refractivity contribution in [3.05, 3.63) is 69.2 Å². The summed E-state index contributed by atoms with van der Waals surface area (Å²) in [6.45, 7) is 1.97. The molecule has 1 atom stereocenters. The maximum Gasteiger partial charge on any atom is 0.416 e. The highest BCUT2D eigenvalue weighted by Crippen LogP contribution is 2.39. The molecule has 0 nitrogen and oxygen atoms in total. The van der Waals surface area contributed by atoms with Crippen LogP contribution in [0.25, 0.3) is 0 Å². The first-order valence-corrected chi connectivity index (χ1v) is 8.04. The minimum absolute atomic E-state index is 0.257. The number of hydrogen-bond acceptors (Lipinski definition) is 0. The second-order valence-electron chi connectivity index (χ2n) is 4.89. The van der Waals surface area contributed by atoms with Crippen LogP contribution in [0, 0.1) is 6.92 Å². The molecule has 0 aromatic heterocycles. The quantitative estimate of drug-likeness (QED) is 0.499. The molecule has 0 aliphatic carbocycles. The lowest BCUT2D eigenvalue weighted by Gasteiger charge is -2.18. The largest absolute Gasteiger partial charge is 0.416 e. The normalized spacial score (nSPS) is 13.2. The third kappa shape index (κ3) is 4.33. The summed E-state index contributed by atoms with van der Waals surface area (Å²) in [7, 11) is 0. The SMILES string of the molecule is Cc1cccc(CC(Br)c2ccc(Br)cc2C(F)(F)F)c1. The molecular formula is C16H13Br2F3. The zero-order valence-electron chi connectivity index (χ0n) is 11.2. The van der Waals surface area contributed by atoms with E-state index in [4.69, 9.17) is 0 Å². The molecule has 0 aliphatic heterocycles. The van der Waals surface area contributed by atoms with Crippen molar-refractivity contribution in [1.82, 2.24) is 0 Å². The highest BCUT2D eigenvalue weighted by Gasteiger charge is 2.35. The van der Waals surface area contributed by atoms with Crippen molar-refractivity contribution in [2.75, 3.05) is 0 Å². The van der Waals surface area contributed by atoms with Gasteiger partial charge in [-0.15, -0.1) is 0 Å². The molecule has 0 heterocycles. The van der Waals surface area contributed by atoms with Gasteiger partial charge in [-0.1, -0.05) is 67.8 Å². The van der Waals surface area contributed by atoms with Gasteiger partial charge in [0.1, 0.15) is 0 Å². The van der Waals surface area contributed by atoms with Gasteiger partial charge in [-0.05, 0) is 36.6 Å². The molecular weight excluding hydrogens is 409 g/mol. The Morgan fingerprint density at radius 2 is 1.81 bits per heavy atom. The topological polar surface area (TPSA) is 0 Å². The van der Waals surface area contributed by atoms with E-state index in [-0.39, 0.29) is 10.4 Å². The van der Waals surface area contributed by atoms with E-state index < -0.39 is 11.7 Å². The molecule has 1 unspecified atom stereocenters. The molecule has 5 heteroatoms. The molecule has 0 saturated heterocycles. The molecule has 0 amide bonds. The Hall–Kier alpha value is -0.810. The minimum Gasteiger partial charge on any atom is -0.166 e. The first kappa shape index (κ1) is 16.6. The summed E-state index contributed by atoms with van der Waals surface area (Å²) < 4.78 is 39.9. The first-order chi connectivity index (χ1) is 9.77. The number of halogens is 5. The third-order valence-corrected chi connectivity index (χ3v) is 4.47. The van der Waals surface area contributed by atoms with Gasteiger partial charge < -0.3 is 0 Å². The molecule has 0 saturated carbocycles. The highest BCUT2D eigenvalue weighted by molar-refractivity contribution is 9.10. The smallest absolute Gasteiger partial charge is 0.166 e. The van der Waals surface area contributed by atoms with Gasteiger partial charge in [-0.2, -0.15) is 13.2 Å². The van der Waals surface area contributed by atoms with E-state index in [1.165, 1.54) is 6.07 Å². The lowest BCUT2D eigenvalue weighted by atomic mass is 9.98. The van der Waals surface area contributed by atoms with Gasteiger partial charge in [0, 0.05) is 9.30 Å². The summed E-state index contributed by atoms with van der Waals surface area (Å²) in [6.07, 6.45) is -3.86. The van der Waals surface area contributed by atoms with Crippen LogP contribution >= 0.6 is 31.9 Å². The van der Waals surface area contributed by atoms with Crippen molar-refractivity contribution in [2.45, 2.75) is 24.3 Å². The van der Waals surface area contributed by atoms with Crippen molar-refractivity contribution < 1.29 is 13.2 Å². The average molecular weight is 422 g/mol. The molecule has 0 spiro atoms. The van der Waals surface area contributed by atoms with Crippen LogP contribution in [-0.4, -0.2) is 0 Å². The lowest BCUT2D eigenvalue weighted by Crippen LogP contribution is -2.11. The Balaban J connectivity index is 2.33. The molecule has 2 rings (SSSR count). The average Bonchev–Trinajstić information content (AvgIpc) is 2.37. The zero-order valence-corrected chi connectivity index (χ0v) is 14.4. The van der Waals surface area contributed by atoms with Crippen molar-refractivity contribution in [3.63, 3.8) is 0 Å². The van der Waals surface area contributed by atoms with Gasteiger partial charge in [0.15, 0.2) is 0 Å². The Kier molecular flexibility index (Phi) is 5.15. The molecule has 21 heavy (non-hydrogen) atoms. The fourth-order valence-corrected chi connectivity index (χ4v) is 3.34. The monoisotopic (exact) mass is 420 g/mol. The zero-order chi connectivity index (χ0) is 15.6. The van der Waals surface area contributed by atoms with E-state index in [1.807, 2.05) is 31.2 Å². The van der Waals surface area contributed by atoms with Gasteiger partial charge >= 0.3 is 6.18 Å². The summed E-state index contributed by atoms with van der Waals surface area (Å²) >= 11 is 6.50. The maximum absolute atomic E-state index is 13.1. The van der Waals surface area contributed by atoms with Crippen molar-refractivity contribution in [3.8, 4) is 0 Å². The Bertz CT molecular complexity index is 636. The molecule has 0 aliphatic rings. The first-order valence-electron chi connectivity index (χ1n) is 6.33. The fraction of sp³-hybridized carbons (Fsp3) is 0.250. The lowest BCUT2D eigenvalue weighted by molar-refractivity contribution is -0.138. The van der Waals surface area contributed by atoms with Crippen LogP contribution in [-0.2, 0) is 12.6 Å². The van der Waals surface area contributed by atoms with Gasteiger partial charge in [0.05, 0.1) is 5.56 Å². The standard InChI is InChI=1S/C16H13Br2F3/c1-10-3-2-4-11(7-10)8-15(18)13-6-5-12(17)9-14(13)16(19,20)21/h2-7,9,15H,8H2,1H3. The second-order valence-corrected chi connectivity index (χ2v) is 6.91. The summed E-state index contributed by atoms with van der Waals surface area (Å²) in [6, 6.07) is 12.1. The Morgan fingerprint density at radius 3 is 2.43 bits per heavy atom. The number of benzene rings is 2. The van der Waals surface area contributed by atoms with Crippen molar-refractivity contribution in [2.24, 2.45) is 0 Å². The van der Waals surface area contributed by atoms with Crippen LogP contribution in [0.4, 0.5) is 13.2 Å². The summed E-state index contributed by atoms with van der Waals surface area (Å²) in [4.78, 5) is -0.385. The molecule has 2 aromatic carbocycles. The van der Waals surface area contributed by atoms with Crippen LogP contribution in [0.3, 0.4) is 0 Å². The van der Waals surface area contributed by atoms with Gasteiger partial charge in [0.25, 0.3) is 0 Å². The maximum atomic E-state index is 13.1. The van der Waals surface area contributed by atoms with E-state index in [1.54, 1.807) is 6.07 Å². The van der Waals surface area contributed by atoms with E-state index in [0.29, 0.717) is 10.9 Å². The Labute approximate surface area is 138 Å². The van der Waals surface area contributed by atoms with E-state index in [2.05, 4.69) is 31.9 Å². The van der Waals surface area contributed by atoms with E-state index in [0.717, 1.165) is 17.2 Å². The van der Waals surface area contributed by atoms with Crippen LogP contribution in [0.2, 0.25) is 0 Å². The van der Waals surface area contributed by atoms with Crippen molar-refractivity contribution >= 4 is 31.9 Å². The van der Waals surface area contributed by atoms with Crippen LogP contribution < -0.4 is 0 Å². The summed E-state index contributed by atoms with van der Waals surface area (Å²) in [5.74, 6) is 0. The molecule has 0 fully saturated rings. The summed E-state index contributed by atoms with van der Waals surface area (Å²) in [5, 5.41) is 0. The van der Waals surface area contributed by atoms with Gasteiger partial charge in [-0.3, -0.25) is 0 Å². The third-order valence-electron chi connectivity index (χ3n) is 3.16. The number of alkyl halides is 4. The predicted molar refractivity (Wildman–Crippen MR) is 85.7 cm³/mol. The summed E-state index contributed by atoms with van der Waals surface area (Å²) in [5.41, 5.74) is 1.76. The molecule has 0 bridgehead atoms. The molecule has 112 valence electrons. The van der Waals surface area contributed by atoms with E-state index >= 15 is 0 Å². The minimum atomic E-state index is -4.36. The number of hydrogen-bond donors (Lipinski definition) is 0. The second kappa shape index (κ2) is 6.53.